The Bertz CT molecular complexity index is 862. The van der Waals surface area contributed by atoms with Gasteiger partial charge in [0.05, 0.1) is 23.7 Å². The minimum Gasteiger partial charge on any atom is -0.489 e. The number of oxazole rings is 1. The van der Waals surface area contributed by atoms with Gasteiger partial charge in [0, 0.05) is 7.05 Å². The Labute approximate surface area is 161 Å². The van der Waals surface area contributed by atoms with E-state index in [1.807, 2.05) is 24.4 Å². The van der Waals surface area contributed by atoms with Crippen LogP contribution in [-0.2, 0) is 6.54 Å². The van der Waals surface area contributed by atoms with Crippen LogP contribution in [0.15, 0.2) is 57.5 Å². The lowest BCUT2D eigenvalue weighted by atomic mass is 10.3. The molecule has 1 atom stereocenters. The van der Waals surface area contributed by atoms with Crippen LogP contribution in [0.25, 0.3) is 10.8 Å². The maximum absolute atomic E-state index is 12.9. The molecule has 0 spiro atoms. The molecule has 0 saturated heterocycles. The number of benzene rings is 1. The molecule has 0 aliphatic carbocycles. The number of thiophene rings is 1. The summed E-state index contributed by atoms with van der Waals surface area (Å²) in [6, 6.07) is 9.89. The lowest BCUT2D eigenvalue weighted by Gasteiger charge is -2.17. The van der Waals surface area contributed by atoms with Gasteiger partial charge in [-0.15, -0.1) is 11.3 Å². The largest absolute Gasteiger partial charge is 0.489 e. The van der Waals surface area contributed by atoms with Crippen LogP contribution < -0.4 is 15.4 Å². The fourth-order valence-corrected chi connectivity index (χ4v) is 2.98. The average molecular weight is 388 g/mol. The molecule has 2 aromatic heterocycles. The van der Waals surface area contributed by atoms with Crippen LogP contribution in [0.1, 0.15) is 12.6 Å². The van der Waals surface area contributed by atoms with Gasteiger partial charge in [-0.3, -0.25) is 4.99 Å². The molecule has 0 bridgehead atoms. The number of aliphatic imine (C=N–C) groups is 1. The van der Waals surface area contributed by atoms with Gasteiger partial charge >= 0.3 is 0 Å². The van der Waals surface area contributed by atoms with Gasteiger partial charge in [-0.05, 0) is 42.6 Å². The topological polar surface area (TPSA) is 71.7 Å². The van der Waals surface area contributed by atoms with Crippen LogP contribution in [0.2, 0.25) is 0 Å². The van der Waals surface area contributed by atoms with Crippen molar-refractivity contribution in [2.45, 2.75) is 19.6 Å². The normalized spacial score (nSPS) is 12.6. The molecule has 2 heterocycles. The molecule has 27 heavy (non-hydrogen) atoms. The number of aromatic nitrogens is 1. The molecule has 3 rings (SSSR count). The van der Waals surface area contributed by atoms with Crippen molar-refractivity contribution < 1.29 is 13.5 Å². The second kappa shape index (κ2) is 9.18. The lowest BCUT2D eigenvalue weighted by molar-refractivity contribution is 0.223. The summed E-state index contributed by atoms with van der Waals surface area (Å²) >= 11 is 1.58. The number of nitrogens with zero attached hydrogens (tertiary/aromatic N) is 2. The number of hydrogen-bond donors (Lipinski definition) is 2. The monoisotopic (exact) mass is 388 g/mol. The number of halogens is 1. The van der Waals surface area contributed by atoms with E-state index in [-0.39, 0.29) is 11.9 Å². The van der Waals surface area contributed by atoms with Crippen LogP contribution in [-0.4, -0.2) is 30.6 Å². The van der Waals surface area contributed by atoms with Gasteiger partial charge in [-0.25, -0.2) is 9.37 Å². The van der Waals surface area contributed by atoms with Gasteiger partial charge in [0.1, 0.15) is 23.9 Å². The molecule has 1 unspecified atom stereocenters. The second-order valence-electron chi connectivity index (χ2n) is 5.81. The van der Waals surface area contributed by atoms with Crippen molar-refractivity contribution in [1.29, 1.82) is 0 Å². The van der Waals surface area contributed by atoms with E-state index in [1.54, 1.807) is 36.8 Å². The molecule has 3 aromatic rings. The van der Waals surface area contributed by atoms with Crippen molar-refractivity contribution >= 4 is 17.3 Å². The molecule has 0 radical (unpaired) electrons. The molecule has 0 saturated carbocycles. The highest BCUT2D eigenvalue weighted by molar-refractivity contribution is 7.13. The van der Waals surface area contributed by atoms with Crippen molar-refractivity contribution in [2.24, 2.45) is 4.99 Å². The minimum atomic E-state index is -0.284. The summed E-state index contributed by atoms with van der Waals surface area (Å²) in [5.41, 5.74) is 0.789. The molecular weight excluding hydrogens is 367 g/mol. The fourth-order valence-electron chi connectivity index (χ4n) is 2.32. The fraction of sp³-hybridized carbons (Fsp3) is 0.263. The summed E-state index contributed by atoms with van der Waals surface area (Å²) in [6.07, 6.45) is 1.52. The number of nitrogens with one attached hydrogen (secondary N) is 2. The Balaban J connectivity index is 1.44. The molecule has 1 aromatic carbocycles. The minimum absolute atomic E-state index is 0.119. The Morgan fingerprint density at radius 3 is 2.81 bits per heavy atom. The predicted molar refractivity (Wildman–Crippen MR) is 105 cm³/mol. The molecule has 142 valence electrons. The van der Waals surface area contributed by atoms with E-state index in [2.05, 4.69) is 20.6 Å². The van der Waals surface area contributed by atoms with Gasteiger partial charge < -0.3 is 19.8 Å². The van der Waals surface area contributed by atoms with Crippen molar-refractivity contribution in [2.75, 3.05) is 13.6 Å². The van der Waals surface area contributed by atoms with Crippen molar-refractivity contribution in [3.63, 3.8) is 0 Å². The maximum atomic E-state index is 12.9. The summed E-state index contributed by atoms with van der Waals surface area (Å²) < 4.78 is 24.2. The lowest BCUT2D eigenvalue weighted by Crippen LogP contribution is -2.41. The summed E-state index contributed by atoms with van der Waals surface area (Å²) in [4.78, 5) is 9.64. The van der Waals surface area contributed by atoms with E-state index in [0.717, 1.165) is 10.6 Å². The molecule has 6 nitrogen and oxygen atoms in total. The SMILES string of the molecule is CN=C(NCc1coc(-c2cccs2)n1)NCC(C)Oc1ccc(F)cc1. The first-order valence-electron chi connectivity index (χ1n) is 8.49. The number of hydrogen-bond acceptors (Lipinski definition) is 5. The summed E-state index contributed by atoms with van der Waals surface area (Å²) in [5, 5.41) is 8.36. The quantitative estimate of drug-likeness (QED) is 0.477. The Kier molecular flexibility index (Phi) is 6.43. The molecular formula is C19H21FN4O2S. The van der Waals surface area contributed by atoms with Crippen molar-refractivity contribution in [1.82, 2.24) is 15.6 Å². The van der Waals surface area contributed by atoms with Crippen LogP contribution in [0.3, 0.4) is 0 Å². The molecule has 2 N–H and O–H groups in total. The highest BCUT2D eigenvalue weighted by Crippen LogP contribution is 2.23. The van der Waals surface area contributed by atoms with Crippen molar-refractivity contribution in [3.8, 4) is 16.5 Å². The van der Waals surface area contributed by atoms with Crippen LogP contribution in [0.5, 0.6) is 5.75 Å². The van der Waals surface area contributed by atoms with E-state index in [9.17, 15) is 4.39 Å². The summed E-state index contributed by atoms with van der Waals surface area (Å²) in [7, 11) is 1.70. The molecule has 0 amide bonds. The van der Waals surface area contributed by atoms with Crippen LogP contribution in [0.4, 0.5) is 4.39 Å². The van der Waals surface area contributed by atoms with Gasteiger partial charge in [0.2, 0.25) is 5.89 Å². The molecule has 0 aliphatic rings. The van der Waals surface area contributed by atoms with Crippen LogP contribution in [0, 0.1) is 5.82 Å². The second-order valence-corrected chi connectivity index (χ2v) is 6.76. The summed E-state index contributed by atoms with van der Waals surface area (Å²) in [6.45, 7) is 2.95. The zero-order valence-electron chi connectivity index (χ0n) is 15.1. The zero-order chi connectivity index (χ0) is 19.1. The Morgan fingerprint density at radius 2 is 2.11 bits per heavy atom. The standard InChI is InChI=1S/C19H21FN4O2S/c1-13(26-16-7-5-14(20)6-8-16)10-22-19(21-2)23-11-15-12-25-18(24-15)17-4-3-9-27-17/h3-9,12-13H,10-11H2,1-2H3,(H2,21,22,23). The Hall–Kier alpha value is -2.87. The first kappa shape index (κ1) is 18.9. The first-order valence-corrected chi connectivity index (χ1v) is 9.37. The Morgan fingerprint density at radius 1 is 1.30 bits per heavy atom. The van der Waals surface area contributed by atoms with E-state index < -0.39 is 0 Å². The predicted octanol–water partition coefficient (Wildman–Crippen LogP) is 3.67. The van der Waals surface area contributed by atoms with Gasteiger partial charge in [-0.1, -0.05) is 6.07 Å². The molecule has 8 heteroatoms. The summed E-state index contributed by atoms with van der Waals surface area (Å²) in [5.74, 6) is 1.58. The van der Waals surface area contributed by atoms with Gasteiger partial charge in [0.15, 0.2) is 5.96 Å². The van der Waals surface area contributed by atoms with Gasteiger partial charge in [0.25, 0.3) is 0 Å². The molecule has 0 aliphatic heterocycles. The smallest absolute Gasteiger partial charge is 0.236 e. The van der Waals surface area contributed by atoms with E-state index in [1.165, 1.54) is 12.1 Å². The highest BCUT2D eigenvalue weighted by atomic mass is 32.1. The third-order valence-electron chi connectivity index (χ3n) is 3.65. The van der Waals surface area contributed by atoms with Gasteiger partial charge in [-0.2, -0.15) is 0 Å². The third-order valence-corrected chi connectivity index (χ3v) is 4.51. The zero-order valence-corrected chi connectivity index (χ0v) is 15.9. The number of rotatable bonds is 7. The average Bonchev–Trinajstić information content (AvgIpc) is 3.35. The van der Waals surface area contributed by atoms with Crippen LogP contribution >= 0.6 is 11.3 Å². The van der Waals surface area contributed by atoms with Crippen molar-refractivity contribution in [3.05, 3.63) is 59.6 Å². The van der Waals surface area contributed by atoms with E-state index in [0.29, 0.717) is 30.7 Å². The molecule has 0 fully saturated rings. The number of ether oxygens (including phenoxy) is 1. The maximum Gasteiger partial charge on any atom is 0.236 e. The third kappa shape index (κ3) is 5.55. The van der Waals surface area contributed by atoms with E-state index in [4.69, 9.17) is 9.15 Å². The highest BCUT2D eigenvalue weighted by Gasteiger charge is 2.09. The number of guanidine groups is 1. The first-order chi connectivity index (χ1) is 13.1. The van der Waals surface area contributed by atoms with E-state index >= 15 is 0 Å².